The van der Waals surface area contributed by atoms with Crippen LogP contribution >= 0.6 is 11.6 Å². The van der Waals surface area contributed by atoms with Gasteiger partial charge in [-0.2, -0.15) is 0 Å². The summed E-state index contributed by atoms with van der Waals surface area (Å²) in [5.74, 6) is 0.384. The van der Waals surface area contributed by atoms with Gasteiger partial charge >= 0.3 is 0 Å². The minimum absolute atomic E-state index is 0.0843. The summed E-state index contributed by atoms with van der Waals surface area (Å²) in [5, 5.41) is 3.14. The zero-order chi connectivity index (χ0) is 16.4. The van der Waals surface area contributed by atoms with Crippen molar-refractivity contribution in [2.45, 2.75) is 31.8 Å². The number of hydrogen-bond donors (Lipinski definition) is 1. The second kappa shape index (κ2) is 6.89. The molecule has 1 atom stereocenters. The van der Waals surface area contributed by atoms with Gasteiger partial charge in [-0.25, -0.2) is 0 Å². The highest BCUT2D eigenvalue weighted by molar-refractivity contribution is 6.34. The van der Waals surface area contributed by atoms with Crippen molar-refractivity contribution in [2.24, 2.45) is 5.92 Å². The summed E-state index contributed by atoms with van der Waals surface area (Å²) in [6.07, 6.45) is 3.64. The largest absolute Gasteiger partial charge is 0.368 e. The molecule has 0 radical (unpaired) electrons. The first-order chi connectivity index (χ1) is 11.0. The number of rotatable bonds is 5. The molecule has 1 heterocycles. The van der Waals surface area contributed by atoms with E-state index in [9.17, 15) is 9.59 Å². The maximum atomic E-state index is 12.4. The van der Waals surface area contributed by atoms with Gasteiger partial charge in [0.05, 0.1) is 10.6 Å². The van der Waals surface area contributed by atoms with E-state index < -0.39 is 0 Å². The SMILES string of the molecule is CN(CC1CC1)C(=O)c1ccc(NC(=O)C2CCCO2)cc1Cl. The molecule has 1 saturated heterocycles. The van der Waals surface area contributed by atoms with E-state index in [0.29, 0.717) is 28.8 Å². The Kier molecular flexibility index (Phi) is 4.87. The Morgan fingerprint density at radius 2 is 2.13 bits per heavy atom. The summed E-state index contributed by atoms with van der Waals surface area (Å²) in [4.78, 5) is 26.1. The average Bonchev–Trinajstić information content (AvgIpc) is 3.16. The fourth-order valence-electron chi connectivity index (χ4n) is 2.75. The molecule has 0 aromatic heterocycles. The highest BCUT2D eigenvalue weighted by atomic mass is 35.5. The molecule has 6 heteroatoms. The Bertz CT molecular complexity index is 610. The third-order valence-corrected chi connectivity index (χ3v) is 4.58. The van der Waals surface area contributed by atoms with Crippen LogP contribution in [0.3, 0.4) is 0 Å². The Balaban J connectivity index is 1.64. The van der Waals surface area contributed by atoms with Crippen molar-refractivity contribution in [3.8, 4) is 0 Å². The molecule has 1 aliphatic carbocycles. The maximum absolute atomic E-state index is 12.4. The zero-order valence-electron chi connectivity index (χ0n) is 13.2. The molecular weight excluding hydrogens is 316 g/mol. The molecule has 2 aliphatic rings. The molecule has 1 unspecified atom stereocenters. The maximum Gasteiger partial charge on any atom is 0.255 e. The van der Waals surface area contributed by atoms with E-state index >= 15 is 0 Å². The van der Waals surface area contributed by atoms with Crippen molar-refractivity contribution in [2.75, 3.05) is 25.5 Å². The number of ether oxygens (including phenoxy) is 1. The van der Waals surface area contributed by atoms with E-state index in [1.54, 1.807) is 30.1 Å². The van der Waals surface area contributed by atoms with Crippen LogP contribution in [-0.2, 0) is 9.53 Å². The number of hydrogen-bond acceptors (Lipinski definition) is 3. The molecule has 2 fully saturated rings. The molecule has 1 N–H and O–H groups in total. The minimum atomic E-state index is -0.389. The smallest absolute Gasteiger partial charge is 0.255 e. The first-order valence-electron chi connectivity index (χ1n) is 8.02. The molecular formula is C17H21ClN2O3. The molecule has 1 aromatic rings. The quantitative estimate of drug-likeness (QED) is 0.899. The molecule has 23 heavy (non-hydrogen) atoms. The third kappa shape index (κ3) is 4.03. The first-order valence-corrected chi connectivity index (χ1v) is 8.40. The van der Waals surface area contributed by atoms with Gasteiger partial charge in [0.2, 0.25) is 0 Å². The Labute approximate surface area is 140 Å². The molecule has 1 aromatic carbocycles. The third-order valence-electron chi connectivity index (χ3n) is 4.26. The molecule has 1 saturated carbocycles. The summed E-state index contributed by atoms with van der Waals surface area (Å²) in [7, 11) is 1.80. The van der Waals surface area contributed by atoms with E-state index in [0.717, 1.165) is 19.4 Å². The van der Waals surface area contributed by atoms with Crippen molar-refractivity contribution < 1.29 is 14.3 Å². The normalized spacial score (nSPS) is 20.3. The monoisotopic (exact) mass is 336 g/mol. The number of nitrogens with zero attached hydrogens (tertiary/aromatic N) is 1. The van der Waals surface area contributed by atoms with Crippen LogP contribution in [0.15, 0.2) is 18.2 Å². The van der Waals surface area contributed by atoms with Crippen molar-refractivity contribution in [1.29, 1.82) is 0 Å². The van der Waals surface area contributed by atoms with Crippen molar-refractivity contribution >= 4 is 29.1 Å². The summed E-state index contributed by atoms with van der Waals surface area (Å²) in [6.45, 7) is 1.40. The van der Waals surface area contributed by atoms with Crippen LogP contribution in [0.1, 0.15) is 36.0 Å². The lowest BCUT2D eigenvalue weighted by Gasteiger charge is -2.18. The number of nitrogens with one attached hydrogen (secondary N) is 1. The molecule has 2 amide bonds. The lowest BCUT2D eigenvalue weighted by molar-refractivity contribution is -0.124. The van der Waals surface area contributed by atoms with E-state index in [-0.39, 0.29) is 17.9 Å². The molecule has 0 bridgehead atoms. The first kappa shape index (κ1) is 16.3. The second-order valence-corrected chi connectivity index (χ2v) is 6.72. The summed E-state index contributed by atoms with van der Waals surface area (Å²) in [5.41, 5.74) is 1.04. The Morgan fingerprint density at radius 1 is 1.35 bits per heavy atom. The molecule has 5 nitrogen and oxygen atoms in total. The van der Waals surface area contributed by atoms with Crippen molar-refractivity contribution in [1.82, 2.24) is 4.90 Å². The van der Waals surface area contributed by atoms with Gasteiger partial charge in [-0.05, 0) is 49.8 Å². The van der Waals surface area contributed by atoms with Gasteiger partial charge in [0.25, 0.3) is 11.8 Å². The second-order valence-electron chi connectivity index (χ2n) is 6.31. The molecule has 3 rings (SSSR count). The van der Waals surface area contributed by atoms with Crippen LogP contribution in [0.4, 0.5) is 5.69 Å². The molecule has 124 valence electrons. The predicted octanol–water partition coefficient (Wildman–Crippen LogP) is 2.94. The van der Waals surface area contributed by atoms with Crippen molar-refractivity contribution in [3.05, 3.63) is 28.8 Å². The number of carbonyl (C=O) groups is 2. The van der Waals surface area contributed by atoms with Crippen LogP contribution in [0.25, 0.3) is 0 Å². The van der Waals surface area contributed by atoms with Gasteiger partial charge in [-0.1, -0.05) is 11.6 Å². The van der Waals surface area contributed by atoms with Gasteiger partial charge in [0.1, 0.15) is 6.10 Å². The van der Waals surface area contributed by atoms with Crippen molar-refractivity contribution in [3.63, 3.8) is 0 Å². The van der Waals surface area contributed by atoms with Gasteiger partial charge in [-0.15, -0.1) is 0 Å². The highest BCUT2D eigenvalue weighted by Crippen LogP contribution is 2.30. The molecule has 0 spiro atoms. The minimum Gasteiger partial charge on any atom is -0.368 e. The topological polar surface area (TPSA) is 58.6 Å². The number of carbonyl (C=O) groups excluding carboxylic acids is 2. The van der Waals surface area contributed by atoms with Crippen LogP contribution in [0, 0.1) is 5.92 Å². The van der Waals surface area contributed by atoms with Crippen LogP contribution in [0.5, 0.6) is 0 Å². The van der Waals surface area contributed by atoms with Gasteiger partial charge < -0.3 is 15.0 Å². The van der Waals surface area contributed by atoms with E-state index in [2.05, 4.69) is 5.32 Å². The standard InChI is InChI=1S/C17H21ClN2O3/c1-20(10-11-4-5-11)17(22)13-7-6-12(9-14(13)18)19-16(21)15-3-2-8-23-15/h6-7,9,11,15H,2-5,8,10H2,1H3,(H,19,21). The van der Waals surface area contributed by atoms with Crippen LogP contribution in [-0.4, -0.2) is 43.0 Å². The van der Waals surface area contributed by atoms with E-state index in [1.165, 1.54) is 12.8 Å². The summed E-state index contributed by atoms with van der Waals surface area (Å²) >= 11 is 6.23. The lowest BCUT2D eigenvalue weighted by atomic mass is 10.1. The van der Waals surface area contributed by atoms with E-state index in [1.807, 2.05) is 0 Å². The van der Waals surface area contributed by atoms with Gasteiger partial charge in [-0.3, -0.25) is 9.59 Å². The number of anilines is 1. The lowest BCUT2D eigenvalue weighted by Crippen LogP contribution is -2.29. The fourth-order valence-corrected chi connectivity index (χ4v) is 3.01. The van der Waals surface area contributed by atoms with Crippen LogP contribution in [0.2, 0.25) is 5.02 Å². The summed E-state index contributed by atoms with van der Waals surface area (Å²) in [6, 6.07) is 4.99. The number of amides is 2. The van der Waals surface area contributed by atoms with Gasteiger partial charge in [0, 0.05) is 25.9 Å². The fraction of sp³-hybridized carbons (Fsp3) is 0.529. The predicted molar refractivity (Wildman–Crippen MR) is 88.7 cm³/mol. The van der Waals surface area contributed by atoms with Gasteiger partial charge in [0.15, 0.2) is 0 Å². The van der Waals surface area contributed by atoms with E-state index in [4.69, 9.17) is 16.3 Å². The molecule has 1 aliphatic heterocycles. The Hall–Kier alpha value is -1.59. The average molecular weight is 337 g/mol. The Morgan fingerprint density at radius 3 is 2.74 bits per heavy atom. The number of benzene rings is 1. The van der Waals surface area contributed by atoms with Crippen LogP contribution < -0.4 is 5.32 Å². The number of halogens is 1. The summed E-state index contributed by atoms with van der Waals surface area (Å²) < 4.78 is 5.35. The zero-order valence-corrected chi connectivity index (χ0v) is 13.9. The highest BCUT2D eigenvalue weighted by Gasteiger charge is 2.26.